The van der Waals surface area contributed by atoms with Gasteiger partial charge in [-0.25, -0.2) is 4.98 Å². The van der Waals surface area contributed by atoms with Crippen molar-refractivity contribution in [1.82, 2.24) is 14.5 Å². The van der Waals surface area contributed by atoms with Crippen molar-refractivity contribution in [2.45, 2.75) is 37.6 Å². The first-order chi connectivity index (χ1) is 18.6. The predicted molar refractivity (Wildman–Crippen MR) is 151 cm³/mol. The van der Waals surface area contributed by atoms with Crippen LogP contribution in [0.15, 0.2) is 87.4 Å². The van der Waals surface area contributed by atoms with Crippen LogP contribution in [0.2, 0.25) is 0 Å². The molecule has 11 heteroatoms. The Morgan fingerprint density at radius 1 is 1.08 bits per heavy atom. The zero-order chi connectivity index (χ0) is 28.2. The summed E-state index contributed by atoms with van der Waals surface area (Å²) in [5, 5.41) is 0. The Morgan fingerprint density at radius 3 is 2.46 bits per heavy atom. The van der Waals surface area contributed by atoms with Crippen LogP contribution in [-0.2, 0) is 19.6 Å². The summed E-state index contributed by atoms with van der Waals surface area (Å²) in [4.78, 5) is 25.9. The molecular weight excluding hydrogens is 584 g/mol. The van der Waals surface area contributed by atoms with E-state index in [1.807, 2.05) is 44.3 Å². The Balaban J connectivity index is 0.000000270. The lowest BCUT2D eigenvalue weighted by molar-refractivity contribution is -0.140. The number of hydrogen-bond donors (Lipinski definition) is 1. The smallest absolute Gasteiger partial charge is 0.305 e. The standard InChI is InChI=1S/C21H19BrN4O2.C7H8O3S/c1-13-12-24-21-17(7-9-19(27)28-2)25-20(16-5-3-4-10-23-16)15-11-14(22)6-8-18(15)26(13)21;1-6-2-4-7(5-3-6)11(8,9)10/h3-6,8,10-12,17H,7,9H2,1-2H3;2-5H,1H3,(H,8,9,10)/t17-;/m1./s1. The topological polar surface area (TPSA) is 124 Å². The van der Waals surface area contributed by atoms with Gasteiger partial charge in [-0.3, -0.25) is 23.9 Å². The maximum Gasteiger partial charge on any atom is 0.305 e. The first-order valence-electron chi connectivity index (χ1n) is 12.0. The number of halogens is 1. The lowest BCUT2D eigenvalue weighted by atomic mass is 10.0. The van der Waals surface area contributed by atoms with Gasteiger partial charge < -0.3 is 4.74 Å². The van der Waals surface area contributed by atoms with E-state index < -0.39 is 10.1 Å². The minimum atomic E-state index is -4.02. The first-order valence-corrected chi connectivity index (χ1v) is 14.3. The van der Waals surface area contributed by atoms with Gasteiger partial charge in [-0.15, -0.1) is 0 Å². The van der Waals surface area contributed by atoms with Crippen molar-refractivity contribution in [2.24, 2.45) is 4.99 Å². The quantitative estimate of drug-likeness (QED) is 0.236. The van der Waals surface area contributed by atoms with Crippen molar-refractivity contribution >= 4 is 37.7 Å². The summed E-state index contributed by atoms with van der Waals surface area (Å²) in [6.07, 6.45) is 4.38. The second-order valence-corrected chi connectivity index (χ2v) is 11.2. The van der Waals surface area contributed by atoms with Crippen molar-refractivity contribution in [3.8, 4) is 5.69 Å². The third-order valence-corrected chi connectivity index (χ3v) is 7.44. The van der Waals surface area contributed by atoms with Crippen LogP contribution < -0.4 is 0 Å². The highest BCUT2D eigenvalue weighted by molar-refractivity contribution is 9.10. The Labute approximate surface area is 235 Å². The molecular formula is C28H27BrN4O5S. The summed E-state index contributed by atoms with van der Waals surface area (Å²) in [6, 6.07) is 17.6. The molecule has 0 spiro atoms. The van der Waals surface area contributed by atoms with Gasteiger partial charge in [0.2, 0.25) is 0 Å². The van der Waals surface area contributed by atoms with E-state index >= 15 is 0 Å². The van der Waals surface area contributed by atoms with E-state index in [1.54, 1.807) is 18.3 Å². The highest BCUT2D eigenvalue weighted by Gasteiger charge is 2.28. The van der Waals surface area contributed by atoms with Crippen molar-refractivity contribution in [3.05, 3.63) is 106 Å². The third kappa shape index (κ3) is 6.67. The molecule has 0 saturated heterocycles. The number of ether oxygens (including phenoxy) is 1. The summed E-state index contributed by atoms with van der Waals surface area (Å²) >= 11 is 3.58. The Morgan fingerprint density at radius 2 is 1.82 bits per heavy atom. The van der Waals surface area contributed by atoms with Crippen LogP contribution in [0.1, 0.15) is 47.2 Å². The number of esters is 1. The van der Waals surface area contributed by atoms with Gasteiger partial charge in [-0.05, 0) is 62.7 Å². The van der Waals surface area contributed by atoms with Gasteiger partial charge >= 0.3 is 5.97 Å². The van der Waals surface area contributed by atoms with Crippen LogP contribution in [0.3, 0.4) is 0 Å². The number of benzene rings is 2. The Kier molecular flexibility index (Phi) is 8.73. The van der Waals surface area contributed by atoms with Gasteiger partial charge in [-0.2, -0.15) is 8.42 Å². The fourth-order valence-electron chi connectivity index (χ4n) is 4.15. The van der Waals surface area contributed by atoms with E-state index in [-0.39, 0.29) is 23.3 Å². The molecule has 0 bridgehead atoms. The molecule has 1 N–H and O–H groups in total. The number of aromatic nitrogens is 3. The lowest BCUT2D eigenvalue weighted by Crippen LogP contribution is -2.09. The molecule has 3 heterocycles. The number of carbonyl (C=O) groups excluding carboxylic acids is 1. The van der Waals surface area contributed by atoms with Crippen LogP contribution >= 0.6 is 15.9 Å². The largest absolute Gasteiger partial charge is 0.469 e. The molecule has 4 aromatic rings. The molecule has 39 heavy (non-hydrogen) atoms. The van der Waals surface area contributed by atoms with Gasteiger partial charge in [0.05, 0.1) is 29.1 Å². The van der Waals surface area contributed by atoms with Crippen molar-refractivity contribution in [2.75, 3.05) is 7.11 Å². The molecule has 1 atom stereocenters. The van der Waals surface area contributed by atoms with Gasteiger partial charge in [0.15, 0.2) is 0 Å². The van der Waals surface area contributed by atoms with E-state index in [0.29, 0.717) is 6.42 Å². The van der Waals surface area contributed by atoms with E-state index in [1.165, 1.54) is 19.2 Å². The summed E-state index contributed by atoms with van der Waals surface area (Å²) in [6.45, 7) is 3.86. The average molecular weight is 612 g/mol. The first kappa shape index (κ1) is 28.3. The molecule has 5 rings (SSSR count). The van der Waals surface area contributed by atoms with Crippen LogP contribution in [-0.4, -0.2) is 46.3 Å². The maximum absolute atomic E-state index is 11.8. The molecule has 0 aliphatic carbocycles. The van der Waals surface area contributed by atoms with Gasteiger partial charge in [0.25, 0.3) is 10.1 Å². The number of imidazole rings is 1. The van der Waals surface area contributed by atoms with E-state index in [0.717, 1.165) is 44.2 Å². The van der Waals surface area contributed by atoms with Gasteiger partial charge in [0, 0.05) is 34.5 Å². The Bertz CT molecular complexity index is 1620. The van der Waals surface area contributed by atoms with E-state index in [2.05, 4.69) is 42.6 Å². The van der Waals surface area contributed by atoms with E-state index in [9.17, 15) is 13.2 Å². The van der Waals surface area contributed by atoms with Crippen molar-refractivity contribution in [3.63, 3.8) is 0 Å². The van der Waals surface area contributed by atoms with Crippen LogP contribution in [0.25, 0.3) is 5.69 Å². The van der Waals surface area contributed by atoms with Gasteiger partial charge in [-0.1, -0.05) is 39.7 Å². The molecule has 202 valence electrons. The minimum absolute atomic E-state index is 0.0666. The highest BCUT2D eigenvalue weighted by atomic mass is 79.9. The summed E-state index contributed by atoms with van der Waals surface area (Å²) in [5.41, 5.74) is 5.51. The summed E-state index contributed by atoms with van der Waals surface area (Å²) in [7, 11) is -2.62. The third-order valence-electron chi connectivity index (χ3n) is 6.08. The summed E-state index contributed by atoms with van der Waals surface area (Å²) in [5.74, 6) is 0.560. The molecule has 0 fully saturated rings. The monoisotopic (exact) mass is 610 g/mol. The van der Waals surface area contributed by atoms with E-state index in [4.69, 9.17) is 14.3 Å². The molecule has 9 nitrogen and oxygen atoms in total. The minimum Gasteiger partial charge on any atom is -0.469 e. The van der Waals surface area contributed by atoms with Crippen molar-refractivity contribution in [1.29, 1.82) is 0 Å². The molecule has 2 aromatic heterocycles. The normalized spacial score (nSPS) is 14.2. The summed E-state index contributed by atoms with van der Waals surface area (Å²) < 4.78 is 37.4. The Hall–Kier alpha value is -3.67. The zero-order valence-electron chi connectivity index (χ0n) is 21.6. The number of hydrogen-bond acceptors (Lipinski definition) is 7. The predicted octanol–water partition coefficient (Wildman–Crippen LogP) is 5.43. The van der Waals surface area contributed by atoms with Gasteiger partial charge in [0.1, 0.15) is 11.9 Å². The zero-order valence-corrected chi connectivity index (χ0v) is 24.0. The molecule has 2 aromatic carbocycles. The average Bonchev–Trinajstić information content (AvgIpc) is 3.23. The number of pyridine rings is 1. The number of methoxy groups -OCH3 is 1. The number of aryl methyl sites for hydroxylation is 2. The number of rotatable bonds is 5. The fraction of sp³-hybridized carbons (Fsp3) is 0.214. The number of fused-ring (bicyclic) bond motifs is 3. The van der Waals surface area contributed by atoms with Crippen LogP contribution in [0.5, 0.6) is 0 Å². The fourth-order valence-corrected chi connectivity index (χ4v) is 4.99. The number of carbonyl (C=O) groups is 1. The SMILES string of the molecule is COC(=O)CC[C@H]1N=C(c2ccccn2)c2cc(Br)ccc2-n2c(C)cnc21.Cc1ccc(S(=O)(=O)O)cc1. The van der Waals surface area contributed by atoms with Crippen LogP contribution in [0.4, 0.5) is 0 Å². The molecule has 1 aliphatic heterocycles. The molecule has 0 radical (unpaired) electrons. The number of nitrogens with zero attached hydrogens (tertiary/aromatic N) is 4. The second kappa shape index (κ2) is 12.0. The molecule has 0 amide bonds. The molecule has 1 aliphatic rings. The lowest BCUT2D eigenvalue weighted by Gasteiger charge is -2.14. The van der Waals surface area contributed by atoms with Crippen LogP contribution in [0, 0.1) is 13.8 Å². The maximum atomic E-state index is 11.8. The molecule has 0 unspecified atom stereocenters. The second-order valence-electron chi connectivity index (χ2n) is 8.87. The van der Waals surface area contributed by atoms with Crippen molar-refractivity contribution < 1.29 is 22.5 Å². The number of aliphatic imine (C=N–C) groups is 1. The molecule has 0 saturated carbocycles. The highest BCUT2D eigenvalue weighted by Crippen LogP contribution is 2.34.